The number of esters is 1. The first kappa shape index (κ1) is 17.1. The molecule has 9 heteroatoms. The number of hydrogen-bond acceptors (Lipinski definition) is 6. The SMILES string of the molecule is CCOC(=O)c1cc(OC(F)(F)F)c([C@@H](O)CO)cc1N. The van der Waals surface area contributed by atoms with Crippen LogP contribution in [-0.2, 0) is 4.74 Å². The Labute approximate surface area is 117 Å². The van der Waals surface area contributed by atoms with Crippen LogP contribution in [0.3, 0.4) is 0 Å². The number of rotatable bonds is 5. The van der Waals surface area contributed by atoms with E-state index in [-0.39, 0.29) is 23.4 Å². The van der Waals surface area contributed by atoms with Gasteiger partial charge in [0.05, 0.1) is 18.8 Å². The van der Waals surface area contributed by atoms with Crippen molar-refractivity contribution < 1.29 is 37.7 Å². The van der Waals surface area contributed by atoms with Gasteiger partial charge in [0, 0.05) is 11.3 Å². The molecule has 0 aromatic heterocycles. The first-order chi connectivity index (χ1) is 9.69. The molecule has 4 N–H and O–H groups in total. The minimum absolute atomic E-state index is 0.00868. The van der Waals surface area contributed by atoms with Crippen molar-refractivity contribution in [1.82, 2.24) is 0 Å². The largest absolute Gasteiger partial charge is 0.573 e. The van der Waals surface area contributed by atoms with Crippen LogP contribution in [0.2, 0.25) is 0 Å². The molecule has 0 fully saturated rings. The van der Waals surface area contributed by atoms with Gasteiger partial charge in [-0.05, 0) is 19.1 Å². The van der Waals surface area contributed by atoms with Gasteiger partial charge in [0.25, 0.3) is 0 Å². The molecule has 1 aromatic carbocycles. The lowest BCUT2D eigenvalue weighted by molar-refractivity contribution is -0.275. The van der Waals surface area contributed by atoms with Crippen LogP contribution in [-0.4, -0.2) is 35.8 Å². The molecule has 0 unspecified atom stereocenters. The Morgan fingerprint density at radius 3 is 2.52 bits per heavy atom. The summed E-state index contributed by atoms with van der Waals surface area (Å²) in [5.74, 6) is -1.76. The zero-order valence-corrected chi connectivity index (χ0v) is 11.0. The highest BCUT2D eigenvalue weighted by Crippen LogP contribution is 2.34. The summed E-state index contributed by atoms with van der Waals surface area (Å²) in [6.07, 6.45) is -6.67. The zero-order chi connectivity index (χ0) is 16.2. The van der Waals surface area contributed by atoms with Crippen LogP contribution in [0.15, 0.2) is 12.1 Å². The Morgan fingerprint density at radius 1 is 1.43 bits per heavy atom. The van der Waals surface area contributed by atoms with Crippen molar-refractivity contribution in [3.8, 4) is 5.75 Å². The summed E-state index contributed by atoms with van der Waals surface area (Å²) in [6, 6.07) is 1.64. The van der Waals surface area contributed by atoms with E-state index in [1.54, 1.807) is 0 Å². The number of nitrogen functional groups attached to an aromatic ring is 1. The molecule has 0 amide bonds. The molecule has 0 aliphatic rings. The predicted octanol–water partition coefficient (Wildman–Crippen LogP) is 1.37. The van der Waals surface area contributed by atoms with Gasteiger partial charge in [-0.2, -0.15) is 0 Å². The predicted molar refractivity (Wildman–Crippen MR) is 65.5 cm³/mol. The quantitative estimate of drug-likeness (QED) is 0.561. The fraction of sp³-hybridized carbons (Fsp3) is 0.417. The minimum Gasteiger partial charge on any atom is -0.462 e. The number of aliphatic hydroxyl groups is 2. The van der Waals surface area contributed by atoms with Crippen molar-refractivity contribution in [3.63, 3.8) is 0 Å². The fourth-order valence-electron chi connectivity index (χ4n) is 1.57. The molecule has 0 bridgehead atoms. The van der Waals surface area contributed by atoms with Crippen LogP contribution in [0.5, 0.6) is 5.75 Å². The van der Waals surface area contributed by atoms with E-state index >= 15 is 0 Å². The van der Waals surface area contributed by atoms with Crippen LogP contribution in [0, 0.1) is 0 Å². The standard InChI is InChI=1S/C12H14F3NO5/c1-2-20-11(19)6-4-10(21-12(13,14)15)7(3-8(6)16)9(18)5-17/h3-4,9,17-18H,2,5,16H2,1H3/t9-/m0/s1. The number of halogens is 3. The first-order valence-electron chi connectivity index (χ1n) is 5.84. The lowest BCUT2D eigenvalue weighted by Gasteiger charge is -2.18. The third kappa shape index (κ3) is 4.50. The van der Waals surface area contributed by atoms with Crippen LogP contribution >= 0.6 is 0 Å². The summed E-state index contributed by atoms with van der Waals surface area (Å²) in [5, 5.41) is 18.3. The van der Waals surface area contributed by atoms with Crippen LogP contribution in [0.25, 0.3) is 0 Å². The summed E-state index contributed by atoms with van der Waals surface area (Å²) in [4.78, 5) is 11.6. The Balaban J connectivity index is 3.33. The average Bonchev–Trinajstić information content (AvgIpc) is 2.38. The molecule has 0 heterocycles. The molecule has 0 aliphatic carbocycles. The Kier molecular flexibility index (Phi) is 5.39. The molecule has 0 spiro atoms. The molecule has 6 nitrogen and oxygen atoms in total. The van der Waals surface area contributed by atoms with Crippen molar-refractivity contribution in [2.24, 2.45) is 0 Å². The van der Waals surface area contributed by atoms with Crippen molar-refractivity contribution in [2.75, 3.05) is 18.9 Å². The number of carbonyl (C=O) groups is 1. The highest BCUT2D eigenvalue weighted by Gasteiger charge is 2.33. The van der Waals surface area contributed by atoms with Gasteiger partial charge in [0.1, 0.15) is 11.9 Å². The lowest BCUT2D eigenvalue weighted by Crippen LogP contribution is -2.20. The van der Waals surface area contributed by atoms with Crippen molar-refractivity contribution in [1.29, 1.82) is 0 Å². The normalized spacial score (nSPS) is 12.9. The smallest absolute Gasteiger partial charge is 0.462 e. The van der Waals surface area contributed by atoms with Crippen molar-refractivity contribution in [2.45, 2.75) is 19.4 Å². The van der Waals surface area contributed by atoms with Crippen molar-refractivity contribution >= 4 is 11.7 Å². The maximum Gasteiger partial charge on any atom is 0.573 e. The molecule has 0 saturated carbocycles. The number of ether oxygens (including phenoxy) is 2. The number of alkyl halides is 3. The van der Waals surface area contributed by atoms with Gasteiger partial charge in [-0.15, -0.1) is 13.2 Å². The highest BCUT2D eigenvalue weighted by molar-refractivity contribution is 5.95. The third-order valence-corrected chi connectivity index (χ3v) is 2.43. The number of anilines is 1. The fourth-order valence-corrected chi connectivity index (χ4v) is 1.57. The molecular formula is C12H14F3NO5. The van der Waals surface area contributed by atoms with E-state index in [1.165, 1.54) is 6.92 Å². The van der Waals surface area contributed by atoms with E-state index < -0.39 is 30.8 Å². The number of nitrogens with two attached hydrogens (primary N) is 1. The number of hydrogen-bond donors (Lipinski definition) is 3. The van der Waals surface area contributed by atoms with Crippen LogP contribution in [0.1, 0.15) is 28.9 Å². The van der Waals surface area contributed by atoms with Gasteiger partial charge in [-0.25, -0.2) is 4.79 Å². The second-order valence-electron chi connectivity index (χ2n) is 3.94. The maximum atomic E-state index is 12.4. The molecule has 21 heavy (non-hydrogen) atoms. The van der Waals surface area contributed by atoms with Gasteiger partial charge in [0.15, 0.2) is 0 Å². The second kappa shape index (κ2) is 6.64. The van der Waals surface area contributed by atoms with E-state index in [9.17, 15) is 23.1 Å². The van der Waals surface area contributed by atoms with E-state index in [0.29, 0.717) is 0 Å². The summed E-state index contributed by atoms with van der Waals surface area (Å²) in [7, 11) is 0. The van der Waals surface area contributed by atoms with Gasteiger partial charge in [-0.3, -0.25) is 0 Å². The third-order valence-electron chi connectivity index (χ3n) is 2.43. The molecule has 0 saturated heterocycles. The Morgan fingerprint density at radius 2 is 2.05 bits per heavy atom. The Hall–Kier alpha value is -2.00. The van der Waals surface area contributed by atoms with Gasteiger partial charge >= 0.3 is 12.3 Å². The van der Waals surface area contributed by atoms with Gasteiger partial charge < -0.3 is 25.4 Å². The van der Waals surface area contributed by atoms with E-state index in [2.05, 4.69) is 9.47 Å². The molecule has 118 valence electrons. The monoisotopic (exact) mass is 309 g/mol. The second-order valence-corrected chi connectivity index (χ2v) is 3.94. The number of benzene rings is 1. The van der Waals surface area contributed by atoms with Crippen LogP contribution in [0.4, 0.5) is 18.9 Å². The minimum atomic E-state index is -5.04. The van der Waals surface area contributed by atoms with Crippen LogP contribution < -0.4 is 10.5 Å². The zero-order valence-electron chi connectivity index (χ0n) is 11.0. The molecular weight excluding hydrogens is 295 g/mol. The summed E-state index contributed by atoms with van der Waals surface area (Å²) in [6.45, 7) is 0.687. The summed E-state index contributed by atoms with van der Waals surface area (Å²) >= 11 is 0. The molecule has 1 atom stereocenters. The van der Waals surface area contributed by atoms with Gasteiger partial charge in [0.2, 0.25) is 0 Å². The molecule has 1 rings (SSSR count). The highest BCUT2D eigenvalue weighted by atomic mass is 19.4. The van der Waals surface area contributed by atoms with Gasteiger partial charge in [-0.1, -0.05) is 0 Å². The topological polar surface area (TPSA) is 102 Å². The molecule has 1 aromatic rings. The molecule has 0 radical (unpaired) electrons. The first-order valence-corrected chi connectivity index (χ1v) is 5.84. The number of carbonyl (C=O) groups excluding carboxylic acids is 1. The van der Waals surface area contributed by atoms with Crippen molar-refractivity contribution in [3.05, 3.63) is 23.3 Å². The lowest BCUT2D eigenvalue weighted by atomic mass is 10.0. The average molecular weight is 309 g/mol. The number of aliphatic hydroxyl groups excluding tert-OH is 2. The van der Waals surface area contributed by atoms with E-state index in [1.807, 2.05) is 0 Å². The summed E-state index contributed by atoms with van der Waals surface area (Å²) < 4.78 is 45.5. The van der Waals surface area contributed by atoms with E-state index in [4.69, 9.17) is 10.8 Å². The maximum absolute atomic E-state index is 12.4. The Bertz CT molecular complexity index is 518. The summed E-state index contributed by atoms with van der Waals surface area (Å²) in [5.41, 5.74) is 4.63. The molecule has 0 aliphatic heterocycles. The van der Waals surface area contributed by atoms with E-state index in [0.717, 1.165) is 12.1 Å².